The van der Waals surface area contributed by atoms with Crippen LogP contribution in [0, 0.1) is 5.41 Å². The van der Waals surface area contributed by atoms with Crippen molar-refractivity contribution in [2.45, 2.75) is 85.1 Å². The van der Waals surface area contributed by atoms with E-state index in [9.17, 15) is 5.11 Å². The van der Waals surface area contributed by atoms with E-state index in [0.29, 0.717) is 0 Å². The molecule has 3 N–H and O–H groups in total. The standard InChI is InChI=1S/C21H44N4O.HI/c1-5-21(6-2,13-17-26)18-24-20(22-7-3)23-14-9-11-16-25-15-10-8-12-19(25)4;/h19,26H,5-18H2,1-4H3,(H2,22,23,24);1H. The molecule has 0 saturated carbocycles. The number of piperidine rings is 1. The number of unbranched alkanes of at least 4 members (excludes halogenated alkanes) is 1. The molecule has 1 heterocycles. The van der Waals surface area contributed by atoms with Crippen molar-refractivity contribution in [2.75, 3.05) is 39.3 Å². The summed E-state index contributed by atoms with van der Waals surface area (Å²) in [4.78, 5) is 7.47. The van der Waals surface area contributed by atoms with E-state index < -0.39 is 0 Å². The Morgan fingerprint density at radius 2 is 1.89 bits per heavy atom. The summed E-state index contributed by atoms with van der Waals surface area (Å²) in [5.41, 5.74) is 0.126. The first-order chi connectivity index (χ1) is 12.6. The number of hydrogen-bond acceptors (Lipinski definition) is 3. The van der Waals surface area contributed by atoms with Crippen molar-refractivity contribution in [1.82, 2.24) is 15.5 Å². The smallest absolute Gasteiger partial charge is 0.191 e. The van der Waals surface area contributed by atoms with Crippen LogP contribution in [-0.2, 0) is 0 Å². The number of aliphatic hydroxyl groups excluding tert-OH is 1. The third-order valence-corrected chi connectivity index (χ3v) is 6.16. The molecule has 0 radical (unpaired) electrons. The van der Waals surface area contributed by atoms with Gasteiger partial charge >= 0.3 is 0 Å². The van der Waals surface area contributed by atoms with Crippen LogP contribution in [0.5, 0.6) is 0 Å². The van der Waals surface area contributed by atoms with Gasteiger partial charge in [0.05, 0.1) is 0 Å². The van der Waals surface area contributed by atoms with Gasteiger partial charge in [-0.15, -0.1) is 24.0 Å². The van der Waals surface area contributed by atoms with E-state index in [1.807, 2.05) is 0 Å². The molecule has 1 aliphatic heterocycles. The summed E-state index contributed by atoms with van der Waals surface area (Å²) in [5, 5.41) is 16.2. The minimum atomic E-state index is 0. The molecule has 27 heavy (non-hydrogen) atoms. The molecule has 0 spiro atoms. The molecule has 1 unspecified atom stereocenters. The Morgan fingerprint density at radius 1 is 1.15 bits per heavy atom. The van der Waals surface area contributed by atoms with Gasteiger partial charge in [-0.3, -0.25) is 4.99 Å². The average molecular weight is 497 g/mol. The SMILES string of the molecule is CCNC(=NCC(CC)(CC)CCO)NCCCCN1CCCCC1C.I. The third kappa shape index (κ3) is 10.3. The topological polar surface area (TPSA) is 59.9 Å². The highest BCUT2D eigenvalue weighted by molar-refractivity contribution is 14.0. The number of halogens is 1. The minimum absolute atomic E-state index is 0. The van der Waals surface area contributed by atoms with Crippen LogP contribution >= 0.6 is 24.0 Å². The first-order valence-corrected chi connectivity index (χ1v) is 11.0. The summed E-state index contributed by atoms with van der Waals surface area (Å²) in [5.74, 6) is 0.919. The maximum Gasteiger partial charge on any atom is 0.191 e. The number of rotatable bonds is 12. The molecule has 0 aromatic rings. The second-order valence-electron chi connectivity index (χ2n) is 7.89. The fraction of sp³-hybridized carbons (Fsp3) is 0.952. The molecular formula is C21H45IN4O. The Hall–Kier alpha value is -0.0800. The van der Waals surface area contributed by atoms with E-state index in [4.69, 9.17) is 4.99 Å². The molecule has 5 nitrogen and oxygen atoms in total. The molecule has 1 fully saturated rings. The summed E-state index contributed by atoms with van der Waals surface area (Å²) in [6.45, 7) is 14.3. The Bertz CT molecular complexity index is 388. The Labute approximate surface area is 185 Å². The predicted octanol–water partition coefficient (Wildman–Crippen LogP) is 4.00. The Morgan fingerprint density at radius 3 is 2.48 bits per heavy atom. The fourth-order valence-electron chi connectivity index (χ4n) is 3.87. The average Bonchev–Trinajstić information content (AvgIpc) is 2.66. The van der Waals surface area contributed by atoms with E-state index in [1.165, 1.54) is 45.2 Å². The van der Waals surface area contributed by atoms with Crippen LogP contribution in [-0.4, -0.2) is 61.3 Å². The number of aliphatic imine (C=N–C) groups is 1. The number of nitrogens with one attached hydrogen (secondary N) is 2. The van der Waals surface area contributed by atoms with Gasteiger partial charge in [0.25, 0.3) is 0 Å². The molecule has 0 aliphatic carbocycles. The molecule has 0 aromatic heterocycles. The first-order valence-electron chi connectivity index (χ1n) is 11.0. The van der Waals surface area contributed by atoms with E-state index in [0.717, 1.165) is 50.9 Å². The van der Waals surface area contributed by atoms with Gasteiger partial charge in [-0.1, -0.05) is 20.3 Å². The lowest BCUT2D eigenvalue weighted by atomic mass is 9.79. The monoisotopic (exact) mass is 496 g/mol. The minimum Gasteiger partial charge on any atom is -0.396 e. The third-order valence-electron chi connectivity index (χ3n) is 6.16. The Balaban J connectivity index is 0.00000676. The molecule has 1 aliphatic rings. The molecule has 0 aromatic carbocycles. The molecule has 6 heteroatoms. The summed E-state index contributed by atoms with van der Waals surface area (Å²) in [6, 6.07) is 0.762. The van der Waals surface area contributed by atoms with Crippen LogP contribution < -0.4 is 10.6 Å². The van der Waals surface area contributed by atoms with Crippen LogP contribution in [0.2, 0.25) is 0 Å². The van der Waals surface area contributed by atoms with Gasteiger partial charge < -0.3 is 20.6 Å². The van der Waals surface area contributed by atoms with Crippen molar-refractivity contribution in [3.05, 3.63) is 0 Å². The van der Waals surface area contributed by atoms with Crippen LogP contribution in [0.1, 0.15) is 79.1 Å². The number of guanidine groups is 1. The lowest BCUT2D eigenvalue weighted by Crippen LogP contribution is -2.40. The molecule has 1 atom stereocenters. The largest absolute Gasteiger partial charge is 0.396 e. The van der Waals surface area contributed by atoms with Crippen molar-refractivity contribution in [2.24, 2.45) is 10.4 Å². The highest BCUT2D eigenvalue weighted by Gasteiger charge is 2.25. The second kappa shape index (κ2) is 15.8. The lowest BCUT2D eigenvalue weighted by Gasteiger charge is -2.33. The zero-order valence-electron chi connectivity index (χ0n) is 18.2. The van der Waals surface area contributed by atoms with Gasteiger partial charge in [0, 0.05) is 32.3 Å². The normalized spacial score (nSPS) is 18.9. The first kappa shape index (κ1) is 26.9. The zero-order chi connectivity index (χ0) is 19.3. The maximum atomic E-state index is 9.38. The quantitative estimate of drug-likeness (QED) is 0.166. The summed E-state index contributed by atoms with van der Waals surface area (Å²) in [7, 11) is 0. The van der Waals surface area contributed by atoms with Gasteiger partial charge in [0.1, 0.15) is 0 Å². The zero-order valence-corrected chi connectivity index (χ0v) is 20.6. The van der Waals surface area contributed by atoms with Gasteiger partial charge in [-0.05, 0) is 77.3 Å². The van der Waals surface area contributed by atoms with Crippen molar-refractivity contribution in [1.29, 1.82) is 0 Å². The van der Waals surface area contributed by atoms with Gasteiger partial charge in [0.2, 0.25) is 0 Å². The summed E-state index contributed by atoms with van der Waals surface area (Å²) in [6.07, 6.45) is 9.49. The van der Waals surface area contributed by atoms with Crippen molar-refractivity contribution >= 4 is 29.9 Å². The molecule has 0 bridgehead atoms. The van der Waals surface area contributed by atoms with E-state index in [-0.39, 0.29) is 36.0 Å². The second-order valence-corrected chi connectivity index (χ2v) is 7.89. The summed E-state index contributed by atoms with van der Waals surface area (Å²) < 4.78 is 0. The van der Waals surface area contributed by atoms with Crippen molar-refractivity contribution < 1.29 is 5.11 Å². The molecule has 1 rings (SSSR count). The Kier molecular flexibility index (Phi) is 15.8. The predicted molar refractivity (Wildman–Crippen MR) is 128 cm³/mol. The molecular weight excluding hydrogens is 451 g/mol. The van der Waals surface area contributed by atoms with Crippen molar-refractivity contribution in [3.8, 4) is 0 Å². The summed E-state index contributed by atoms with van der Waals surface area (Å²) >= 11 is 0. The van der Waals surface area contributed by atoms with Crippen molar-refractivity contribution in [3.63, 3.8) is 0 Å². The number of hydrogen-bond donors (Lipinski definition) is 3. The van der Waals surface area contributed by atoms with Crippen LogP contribution in [0.25, 0.3) is 0 Å². The highest BCUT2D eigenvalue weighted by Crippen LogP contribution is 2.30. The van der Waals surface area contributed by atoms with E-state index in [1.54, 1.807) is 0 Å². The maximum absolute atomic E-state index is 9.38. The fourth-order valence-corrected chi connectivity index (χ4v) is 3.87. The number of nitrogens with zero attached hydrogens (tertiary/aromatic N) is 2. The molecule has 1 saturated heterocycles. The van der Waals surface area contributed by atoms with Crippen LogP contribution in [0.4, 0.5) is 0 Å². The van der Waals surface area contributed by atoms with E-state index >= 15 is 0 Å². The highest BCUT2D eigenvalue weighted by atomic mass is 127. The van der Waals surface area contributed by atoms with Crippen LogP contribution in [0.3, 0.4) is 0 Å². The molecule has 0 amide bonds. The number of aliphatic hydroxyl groups is 1. The van der Waals surface area contributed by atoms with Gasteiger partial charge in [0.15, 0.2) is 5.96 Å². The number of likely N-dealkylation sites (tertiary alicyclic amines) is 1. The van der Waals surface area contributed by atoms with E-state index in [2.05, 4.69) is 43.2 Å². The van der Waals surface area contributed by atoms with Gasteiger partial charge in [-0.2, -0.15) is 0 Å². The lowest BCUT2D eigenvalue weighted by molar-refractivity contribution is 0.158. The van der Waals surface area contributed by atoms with Gasteiger partial charge in [-0.25, -0.2) is 0 Å². The van der Waals surface area contributed by atoms with Crippen LogP contribution in [0.15, 0.2) is 4.99 Å². The molecule has 162 valence electrons.